The Labute approximate surface area is 351 Å². The maximum absolute atomic E-state index is 12.7. The second kappa shape index (κ2) is 40.3. The van der Waals surface area contributed by atoms with Gasteiger partial charge in [-0.2, -0.15) is 0 Å². The second-order valence-corrected chi connectivity index (χ2v) is 17.1. The van der Waals surface area contributed by atoms with Gasteiger partial charge in [0.15, 0.2) is 12.1 Å². The minimum absolute atomic E-state index is 0.0551. The SMILES string of the molecule is CCCCCCC/C=C/C=C/C=C/CCCCCCCC(=O)OC(COCCC(C(=O)O)[N+](C)(C)C)COC(=O)CCCCCCCCCCCCCCCCC. The van der Waals surface area contributed by atoms with Crippen LogP contribution < -0.4 is 0 Å². The zero-order valence-corrected chi connectivity index (χ0v) is 37.8. The summed E-state index contributed by atoms with van der Waals surface area (Å²) < 4.78 is 17.3. The van der Waals surface area contributed by atoms with Gasteiger partial charge in [-0.05, 0) is 38.5 Å². The van der Waals surface area contributed by atoms with Crippen molar-refractivity contribution in [3.63, 3.8) is 0 Å². The predicted octanol–water partition coefficient (Wildman–Crippen LogP) is 13.0. The summed E-state index contributed by atoms with van der Waals surface area (Å²) in [6.07, 6.45) is 46.1. The Hall–Kier alpha value is -2.45. The molecule has 0 rings (SSSR count). The molecule has 0 aliphatic carbocycles. The van der Waals surface area contributed by atoms with Gasteiger partial charge in [0.25, 0.3) is 0 Å². The smallest absolute Gasteiger partial charge is 0.362 e. The number of carboxylic acids is 1. The number of aliphatic carboxylic acids is 1. The van der Waals surface area contributed by atoms with Crippen molar-refractivity contribution in [2.75, 3.05) is 41.0 Å². The molecule has 0 aliphatic heterocycles. The summed E-state index contributed by atoms with van der Waals surface area (Å²) in [7, 11) is 5.52. The van der Waals surface area contributed by atoms with Gasteiger partial charge in [-0.1, -0.05) is 185 Å². The molecule has 0 aromatic rings. The van der Waals surface area contributed by atoms with Crippen LogP contribution in [0.4, 0.5) is 0 Å². The Kier molecular flexibility index (Phi) is 38.6. The van der Waals surface area contributed by atoms with Gasteiger partial charge in [0.05, 0.1) is 34.4 Å². The number of allylic oxidation sites excluding steroid dienone is 6. The zero-order chi connectivity index (χ0) is 42.1. The maximum Gasteiger partial charge on any atom is 0.362 e. The molecule has 0 aromatic heterocycles. The van der Waals surface area contributed by atoms with Gasteiger partial charge in [0.1, 0.15) is 6.61 Å². The largest absolute Gasteiger partial charge is 0.477 e. The molecule has 2 atom stereocenters. The molecule has 0 saturated heterocycles. The van der Waals surface area contributed by atoms with Crippen LogP contribution in [0.2, 0.25) is 0 Å². The summed E-state index contributed by atoms with van der Waals surface area (Å²) in [4.78, 5) is 37.0. The van der Waals surface area contributed by atoms with E-state index in [1.54, 1.807) is 0 Å². The van der Waals surface area contributed by atoms with Crippen molar-refractivity contribution in [2.45, 2.75) is 219 Å². The first-order valence-electron chi connectivity index (χ1n) is 23.6. The molecule has 0 amide bonds. The quantitative estimate of drug-likeness (QED) is 0.0284. The lowest BCUT2D eigenvalue weighted by Gasteiger charge is -2.31. The number of likely N-dealkylation sites (N-methyl/N-ethyl adjacent to an activating group) is 1. The van der Waals surface area contributed by atoms with E-state index in [2.05, 4.69) is 50.3 Å². The van der Waals surface area contributed by atoms with Gasteiger partial charge >= 0.3 is 17.9 Å². The monoisotopic (exact) mass is 805 g/mol. The van der Waals surface area contributed by atoms with Crippen LogP contribution in [-0.4, -0.2) is 80.6 Å². The van der Waals surface area contributed by atoms with Crippen molar-refractivity contribution in [3.8, 4) is 0 Å². The van der Waals surface area contributed by atoms with E-state index in [9.17, 15) is 19.5 Å². The van der Waals surface area contributed by atoms with Crippen molar-refractivity contribution in [1.29, 1.82) is 0 Å². The van der Waals surface area contributed by atoms with Gasteiger partial charge in [0.2, 0.25) is 0 Å². The minimum Gasteiger partial charge on any atom is -0.477 e. The molecule has 8 heteroatoms. The Morgan fingerprint density at radius 1 is 0.526 bits per heavy atom. The van der Waals surface area contributed by atoms with Crippen molar-refractivity contribution in [2.24, 2.45) is 0 Å². The summed E-state index contributed by atoms with van der Waals surface area (Å²) in [6, 6.07) is -0.617. The van der Waals surface area contributed by atoms with E-state index in [1.165, 1.54) is 109 Å². The number of ether oxygens (including phenoxy) is 3. The molecule has 0 saturated carbocycles. The van der Waals surface area contributed by atoms with Crippen LogP contribution in [-0.2, 0) is 28.6 Å². The Morgan fingerprint density at radius 3 is 1.35 bits per heavy atom. The molecule has 0 radical (unpaired) electrons. The summed E-state index contributed by atoms with van der Waals surface area (Å²) >= 11 is 0. The molecule has 8 nitrogen and oxygen atoms in total. The van der Waals surface area contributed by atoms with Gasteiger partial charge in [-0.15, -0.1) is 0 Å². The first kappa shape index (κ1) is 54.6. The molecule has 1 N–H and O–H groups in total. The number of hydrogen-bond donors (Lipinski definition) is 1. The third-order valence-corrected chi connectivity index (χ3v) is 10.6. The lowest BCUT2D eigenvalue weighted by Crippen LogP contribution is -2.50. The third-order valence-electron chi connectivity index (χ3n) is 10.6. The van der Waals surface area contributed by atoms with Crippen molar-refractivity contribution in [1.82, 2.24) is 0 Å². The van der Waals surface area contributed by atoms with E-state index >= 15 is 0 Å². The fraction of sp³-hybridized carbons (Fsp3) is 0.816. The highest BCUT2D eigenvalue weighted by Crippen LogP contribution is 2.15. The normalized spacial score (nSPS) is 13.2. The second-order valence-electron chi connectivity index (χ2n) is 17.1. The van der Waals surface area contributed by atoms with Crippen LogP contribution in [0.3, 0.4) is 0 Å². The van der Waals surface area contributed by atoms with Crippen LogP contribution in [0.5, 0.6) is 0 Å². The third kappa shape index (κ3) is 38.8. The predicted molar refractivity (Wildman–Crippen MR) is 238 cm³/mol. The number of unbranched alkanes of at least 4 members (excludes halogenated alkanes) is 24. The number of hydrogen-bond acceptors (Lipinski definition) is 6. The summed E-state index contributed by atoms with van der Waals surface area (Å²) in [5, 5.41) is 9.63. The summed E-state index contributed by atoms with van der Waals surface area (Å²) in [6.45, 7) is 4.72. The first-order valence-corrected chi connectivity index (χ1v) is 23.6. The van der Waals surface area contributed by atoms with E-state index in [-0.39, 0.29) is 36.2 Å². The number of carboxylic acid groups (broad SMARTS) is 1. The number of rotatable bonds is 42. The van der Waals surface area contributed by atoms with E-state index in [0.29, 0.717) is 19.3 Å². The van der Waals surface area contributed by atoms with E-state index in [4.69, 9.17) is 14.2 Å². The Morgan fingerprint density at radius 2 is 0.930 bits per heavy atom. The number of carbonyl (C=O) groups is 3. The van der Waals surface area contributed by atoms with Gasteiger partial charge in [-0.3, -0.25) is 9.59 Å². The number of nitrogens with zero attached hydrogens (tertiary/aromatic N) is 1. The number of carbonyl (C=O) groups excluding carboxylic acids is 2. The lowest BCUT2D eigenvalue weighted by molar-refractivity contribution is -0.887. The van der Waals surface area contributed by atoms with Gasteiger partial charge in [-0.25, -0.2) is 4.79 Å². The molecule has 57 heavy (non-hydrogen) atoms. The molecule has 0 heterocycles. The van der Waals surface area contributed by atoms with Gasteiger partial charge in [0, 0.05) is 19.3 Å². The lowest BCUT2D eigenvalue weighted by atomic mass is 10.0. The summed E-state index contributed by atoms with van der Waals surface area (Å²) in [5.74, 6) is -1.48. The Bertz CT molecular complexity index is 1030. The minimum atomic E-state index is -0.877. The molecule has 2 unspecified atom stereocenters. The van der Waals surface area contributed by atoms with Crippen molar-refractivity contribution >= 4 is 17.9 Å². The highest BCUT2D eigenvalue weighted by atomic mass is 16.6. The molecular formula is C49H90NO7+. The molecule has 0 aliphatic rings. The van der Waals surface area contributed by atoms with Crippen LogP contribution in [0, 0.1) is 0 Å². The van der Waals surface area contributed by atoms with Crippen LogP contribution in [0.15, 0.2) is 36.5 Å². The number of quaternary nitrogens is 1. The molecule has 332 valence electrons. The fourth-order valence-corrected chi connectivity index (χ4v) is 6.92. The van der Waals surface area contributed by atoms with E-state index < -0.39 is 18.1 Å². The topological polar surface area (TPSA) is 99.1 Å². The zero-order valence-electron chi connectivity index (χ0n) is 37.8. The molecule has 0 bridgehead atoms. The standard InChI is InChI=1S/C49H89NO7/c1-6-8-10-12-14-16-18-20-22-23-24-26-28-30-32-34-36-38-40-48(52)57-45(43-55-42-41-46(49(53)54)50(3,4)5)44-56-47(51)39-37-35-33-31-29-27-25-21-19-17-15-13-11-9-7-2/h18,20,22-24,26,45-46H,6-17,19,21,25,27-44H2,1-5H3/p+1/b20-18+,23-22+,26-24+. The number of esters is 2. The average molecular weight is 805 g/mol. The van der Waals surface area contributed by atoms with Crippen LogP contribution in [0.25, 0.3) is 0 Å². The van der Waals surface area contributed by atoms with E-state index in [0.717, 1.165) is 64.2 Å². The van der Waals surface area contributed by atoms with Gasteiger partial charge < -0.3 is 23.8 Å². The maximum atomic E-state index is 12.7. The highest BCUT2D eigenvalue weighted by Gasteiger charge is 2.31. The van der Waals surface area contributed by atoms with E-state index in [1.807, 2.05) is 21.1 Å². The van der Waals surface area contributed by atoms with Crippen LogP contribution >= 0.6 is 0 Å². The fourth-order valence-electron chi connectivity index (χ4n) is 6.92. The van der Waals surface area contributed by atoms with Crippen LogP contribution in [0.1, 0.15) is 206 Å². The highest BCUT2D eigenvalue weighted by molar-refractivity contribution is 5.72. The molecule has 0 aromatic carbocycles. The van der Waals surface area contributed by atoms with Crippen molar-refractivity contribution in [3.05, 3.63) is 36.5 Å². The molecule has 0 spiro atoms. The summed E-state index contributed by atoms with van der Waals surface area (Å²) in [5.41, 5.74) is 0. The Balaban J connectivity index is 4.35. The average Bonchev–Trinajstić information content (AvgIpc) is 3.17. The van der Waals surface area contributed by atoms with Crippen molar-refractivity contribution < 1.29 is 38.2 Å². The first-order chi connectivity index (χ1) is 27.6. The molecule has 0 fully saturated rings. The molecular weight excluding hydrogens is 715 g/mol.